The monoisotopic (exact) mass is 311 g/mol. The fourth-order valence-corrected chi connectivity index (χ4v) is 2.23. The third-order valence-electron chi connectivity index (χ3n) is 3.29. The molecule has 4 nitrogen and oxygen atoms in total. The lowest BCUT2D eigenvalue weighted by Crippen LogP contribution is -2.16. The van der Waals surface area contributed by atoms with Crippen LogP contribution in [0.2, 0.25) is 0 Å². The van der Waals surface area contributed by atoms with Crippen LogP contribution in [0.1, 0.15) is 25.0 Å². The van der Waals surface area contributed by atoms with E-state index in [2.05, 4.69) is 17.4 Å². The highest BCUT2D eigenvalue weighted by Gasteiger charge is 2.14. The van der Waals surface area contributed by atoms with Crippen LogP contribution in [0.5, 0.6) is 0 Å². The van der Waals surface area contributed by atoms with Crippen molar-refractivity contribution in [2.45, 2.75) is 20.3 Å². The molecular formula is C19H21NO3. The van der Waals surface area contributed by atoms with Gasteiger partial charge >= 0.3 is 5.97 Å². The molecule has 0 aliphatic heterocycles. The Hall–Kier alpha value is -2.75. The molecule has 0 saturated carbocycles. The van der Waals surface area contributed by atoms with E-state index in [-0.39, 0.29) is 18.1 Å². The number of esters is 1. The van der Waals surface area contributed by atoms with E-state index in [1.54, 1.807) is 6.92 Å². The molecule has 0 unspecified atom stereocenters. The van der Waals surface area contributed by atoms with Crippen LogP contribution in [-0.2, 0) is 16.0 Å². The number of carbonyl (C=O) groups excluding carboxylic acids is 1. The van der Waals surface area contributed by atoms with Gasteiger partial charge < -0.3 is 15.2 Å². The lowest BCUT2D eigenvalue weighted by Gasteiger charge is -2.12. The van der Waals surface area contributed by atoms with Gasteiger partial charge in [0.2, 0.25) is 0 Å². The number of nitrogens with one attached hydrogen (secondary N) is 1. The van der Waals surface area contributed by atoms with Crippen LogP contribution in [0.4, 0.5) is 5.69 Å². The molecule has 2 aromatic rings. The SMILES string of the molecule is CCOC(=O)/C(Nc1cccc(Cc2ccccc2)c1)=C(\C)O. The Morgan fingerprint density at radius 3 is 2.43 bits per heavy atom. The number of rotatable bonds is 6. The average Bonchev–Trinajstić information content (AvgIpc) is 2.54. The van der Waals surface area contributed by atoms with Crippen molar-refractivity contribution in [2.24, 2.45) is 0 Å². The van der Waals surface area contributed by atoms with Gasteiger partial charge in [0.25, 0.3) is 0 Å². The van der Waals surface area contributed by atoms with Crippen molar-refractivity contribution in [2.75, 3.05) is 11.9 Å². The Labute approximate surface area is 136 Å². The Balaban J connectivity index is 2.16. The van der Waals surface area contributed by atoms with Gasteiger partial charge in [0.1, 0.15) is 5.76 Å². The Morgan fingerprint density at radius 1 is 1.09 bits per heavy atom. The molecular weight excluding hydrogens is 290 g/mol. The highest BCUT2D eigenvalue weighted by Crippen LogP contribution is 2.17. The molecule has 0 aliphatic carbocycles. The van der Waals surface area contributed by atoms with Crippen LogP contribution < -0.4 is 5.32 Å². The number of anilines is 1. The molecule has 0 aromatic heterocycles. The molecule has 23 heavy (non-hydrogen) atoms. The first kappa shape index (κ1) is 16.6. The molecule has 0 amide bonds. The largest absolute Gasteiger partial charge is 0.510 e. The molecule has 0 heterocycles. The third kappa shape index (κ3) is 4.88. The van der Waals surface area contributed by atoms with E-state index in [0.717, 1.165) is 17.7 Å². The molecule has 0 bridgehead atoms. The first-order chi connectivity index (χ1) is 11.1. The number of ether oxygens (including phenoxy) is 1. The van der Waals surface area contributed by atoms with E-state index in [1.807, 2.05) is 42.5 Å². The molecule has 2 N–H and O–H groups in total. The number of hydrogen-bond acceptors (Lipinski definition) is 4. The summed E-state index contributed by atoms with van der Waals surface area (Å²) in [6.45, 7) is 3.43. The van der Waals surface area contributed by atoms with Crippen LogP contribution in [0.25, 0.3) is 0 Å². The van der Waals surface area contributed by atoms with Crippen molar-refractivity contribution < 1.29 is 14.6 Å². The minimum atomic E-state index is -0.569. The van der Waals surface area contributed by atoms with Crippen molar-refractivity contribution in [3.8, 4) is 0 Å². The van der Waals surface area contributed by atoms with Gasteiger partial charge in [0.15, 0.2) is 5.70 Å². The number of hydrogen-bond donors (Lipinski definition) is 2. The Kier molecular flexibility index (Phi) is 5.80. The number of aliphatic hydroxyl groups excluding tert-OH is 1. The molecule has 0 radical (unpaired) electrons. The molecule has 2 rings (SSSR count). The predicted molar refractivity (Wildman–Crippen MR) is 91.3 cm³/mol. The fourth-order valence-electron chi connectivity index (χ4n) is 2.23. The molecule has 0 atom stereocenters. The van der Waals surface area contributed by atoms with Crippen LogP contribution in [0.3, 0.4) is 0 Å². The summed E-state index contributed by atoms with van der Waals surface area (Å²) in [4.78, 5) is 11.9. The zero-order valence-electron chi connectivity index (χ0n) is 13.4. The zero-order chi connectivity index (χ0) is 16.7. The van der Waals surface area contributed by atoms with E-state index in [9.17, 15) is 9.90 Å². The molecule has 0 aliphatic rings. The van der Waals surface area contributed by atoms with Crippen molar-refractivity contribution in [1.29, 1.82) is 0 Å². The summed E-state index contributed by atoms with van der Waals surface area (Å²) >= 11 is 0. The normalized spacial score (nSPS) is 11.6. The Morgan fingerprint density at radius 2 is 1.78 bits per heavy atom. The first-order valence-electron chi connectivity index (χ1n) is 7.57. The molecule has 120 valence electrons. The van der Waals surface area contributed by atoms with Crippen molar-refractivity contribution in [1.82, 2.24) is 0 Å². The summed E-state index contributed by atoms with van der Waals surface area (Å²) in [5.41, 5.74) is 3.11. The maximum absolute atomic E-state index is 11.9. The van der Waals surface area contributed by atoms with E-state index < -0.39 is 5.97 Å². The second-order valence-electron chi connectivity index (χ2n) is 5.17. The van der Waals surface area contributed by atoms with Crippen molar-refractivity contribution in [3.63, 3.8) is 0 Å². The standard InChI is InChI=1S/C19H21NO3/c1-3-23-19(22)18(14(2)21)20-17-11-7-10-16(13-17)12-15-8-5-4-6-9-15/h4-11,13,20-21H,3,12H2,1-2H3/b18-14-. The van der Waals surface area contributed by atoms with Gasteiger partial charge in [-0.2, -0.15) is 0 Å². The highest BCUT2D eigenvalue weighted by molar-refractivity contribution is 5.92. The zero-order valence-corrected chi connectivity index (χ0v) is 13.4. The lowest BCUT2D eigenvalue weighted by molar-refractivity contribution is -0.138. The van der Waals surface area contributed by atoms with Gasteiger partial charge in [-0.05, 0) is 43.5 Å². The smallest absolute Gasteiger partial charge is 0.358 e. The van der Waals surface area contributed by atoms with Crippen LogP contribution in [0.15, 0.2) is 66.1 Å². The summed E-state index contributed by atoms with van der Waals surface area (Å²) in [6.07, 6.45) is 0.799. The molecule has 2 aromatic carbocycles. The summed E-state index contributed by atoms with van der Waals surface area (Å²) in [5.74, 6) is -0.669. The van der Waals surface area contributed by atoms with Gasteiger partial charge in [0, 0.05) is 5.69 Å². The fraction of sp³-hybridized carbons (Fsp3) is 0.211. The minimum Gasteiger partial charge on any atom is -0.510 e. The minimum absolute atomic E-state index is 0.0590. The van der Waals surface area contributed by atoms with Crippen molar-refractivity contribution in [3.05, 3.63) is 77.2 Å². The van der Waals surface area contributed by atoms with E-state index in [0.29, 0.717) is 0 Å². The number of aliphatic hydroxyl groups is 1. The van der Waals surface area contributed by atoms with Gasteiger partial charge in [-0.3, -0.25) is 0 Å². The maximum Gasteiger partial charge on any atom is 0.358 e. The van der Waals surface area contributed by atoms with E-state index in [4.69, 9.17) is 4.74 Å². The predicted octanol–water partition coefficient (Wildman–Crippen LogP) is 4.04. The molecule has 0 saturated heterocycles. The average molecular weight is 311 g/mol. The van der Waals surface area contributed by atoms with Gasteiger partial charge in [-0.1, -0.05) is 42.5 Å². The summed E-state index contributed by atoms with van der Waals surface area (Å²) in [5, 5.41) is 12.6. The van der Waals surface area contributed by atoms with Gasteiger partial charge in [-0.25, -0.2) is 4.79 Å². The van der Waals surface area contributed by atoms with Crippen LogP contribution in [-0.4, -0.2) is 17.7 Å². The van der Waals surface area contributed by atoms with Gasteiger partial charge in [0.05, 0.1) is 6.61 Å². The molecule has 4 heteroatoms. The van der Waals surface area contributed by atoms with Crippen LogP contribution in [0, 0.1) is 0 Å². The maximum atomic E-state index is 11.9. The van der Waals surface area contributed by atoms with Crippen LogP contribution >= 0.6 is 0 Å². The number of benzene rings is 2. The number of carbonyl (C=O) groups is 1. The summed E-state index contributed by atoms with van der Waals surface area (Å²) in [7, 11) is 0. The van der Waals surface area contributed by atoms with E-state index >= 15 is 0 Å². The van der Waals surface area contributed by atoms with E-state index in [1.165, 1.54) is 12.5 Å². The van der Waals surface area contributed by atoms with Gasteiger partial charge in [-0.15, -0.1) is 0 Å². The summed E-state index contributed by atoms with van der Waals surface area (Å²) in [6, 6.07) is 17.9. The topological polar surface area (TPSA) is 58.6 Å². The second-order valence-corrected chi connectivity index (χ2v) is 5.17. The second kappa shape index (κ2) is 8.03. The number of allylic oxidation sites excluding steroid dienone is 1. The van der Waals surface area contributed by atoms with Crippen molar-refractivity contribution >= 4 is 11.7 Å². The molecule has 0 spiro atoms. The third-order valence-corrected chi connectivity index (χ3v) is 3.29. The lowest BCUT2D eigenvalue weighted by atomic mass is 10.0. The summed E-state index contributed by atoms with van der Waals surface area (Å²) < 4.78 is 4.94. The first-order valence-corrected chi connectivity index (χ1v) is 7.57. The molecule has 0 fully saturated rings. The highest BCUT2D eigenvalue weighted by atomic mass is 16.5. The quantitative estimate of drug-likeness (QED) is 0.480. The Bertz CT molecular complexity index is 689.